The lowest BCUT2D eigenvalue weighted by molar-refractivity contribution is -0.139. The number of aryl methyl sites for hydroxylation is 1. The van der Waals surface area contributed by atoms with Gasteiger partial charge in [-0.05, 0) is 356 Å². The van der Waals surface area contributed by atoms with Crippen LogP contribution in [0.2, 0.25) is 0 Å². The van der Waals surface area contributed by atoms with Gasteiger partial charge in [-0.2, -0.15) is 0 Å². The van der Waals surface area contributed by atoms with E-state index in [1.54, 1.807) is 0 Å². The van der Waals surface area contributed by atoms with Crippen molar-refractivity contribution in [1.29, 1.82) is 0 Å². The van der Waals surface area contributed by atoms with Crippen LogP contribution in [-0.4, -0.2) is 256 Å². The lowest BCUT2D eigenvalue weighted by Crippen LogP contribution is -2.51. The van der Waals surface area contributed by atoms with E-state index < -0.39 is 0 Å². The van der Waals surface area contributed by atoms with Gasteiger partial charge in [0.15, 0.2) is 0 Å². The maximum atomic E-state index is 13.5. The highest BCUT2D eigenvalue weighted by Crippen LogP contribution is 2.60. The SMILES string of the molecule is CN(C)CCCOc1ccc(CN2CCC(CCCC3CCN(Cc4ccc(C(=O)NCC5CCCCC5)cc4)CC3)CC2)cc1.Cc1ccc(CNC(=O)c2ccc(CN3CCN(C(=O)C4CCN(Cc5ccc(OCCCN(C)C)cc5)CC4)CC3)cc2)cc1.O=C(NCC12CC3CC(CC(C3)C1)C2)c1ccc(CN2CCCN(C(=O)C3CCCN(Cc4ccncc4)C3)CC2)cc1. The van der Waals surface area contributed by atoms with Crippen LogP contribution in [0, 0.1) is 59.7 Å². The van der Waals surface area contributed by atoms with Crippen LogP contribution in [0.4, 0.5) is 0 Å². The number of ether oxygens (including phenoxy) is 2. The number of hydrogen-bond acceptors (Lipinski definition) is 16. The zero-order valence-corrected chi connectivity index (χ0v) is 82.7. The minimum Gasteiger partial charge on any atom is -0.494 e. The van der Waals surface area contributed by atoms with Crippen molar-refractivity contribution < 1.29 is 33.4 Å². The first-order chi connectivity index (χ1) is 65.8. The second kappa shape index (κ2) is 51.7. The van der Waals surface area contributed by atoms with E-state index in [4.69, 9.17) is 9.47 Å². The van der Waals surface area contributed by atoms with Crippen LogP contribution in [0.1, 0.15) is 236 Å². The Balaban J connectivity index is 0.000000154. The van der Waals surface area contributed by atoms with Crippen molar-refractivity contribution in [2.24, 2.45) is 52.8 Å². The highest BCUT2D eigenvalue weighted by molar-refractivity contribution is 5.95. The molecular formula is C114H162N14O7. The molecule has 4 bridgehead atoms. The van der Waals surface area contributed by atoms with E-state index in [0.717, 1.165) is 260 Å². The Morgan fingerprint density at radius 1 is 0.363 bits per heavy atom. The number of amides is 5. The maximum absolute atomic E-state index is 13.5. The quantitative estimate of drug-likeness (QED) is 0.0312. The normalized spacial score (nSPS) is 22.2. The molecule has 5 aliphatic carbocycles. The predicted octanol–water partition coefficient (Wildman–Crippen LogP) is 17.4. The number of nitrogens with zero attached hydrogens (tertiary/aromatic N) is 11. The Morgan fingerprint density at radius 3 is 1.23 bits per heavy atom. The fourth-order valence-corrected chi connectivity index (χ4v) is 23.7. The van der Waals surface area contributed by atoms with Crippen LogP contribution < -0.4 is 25.4 Å². The van der Waals surface area contributed by atoms with Crippen molar-refractivity contribution in [2.75, 3.05) is 172 Å². The van der Waals surface area contributed by atoms with Gasteiger partial charge >= 0.3 is 0 Å². The molecule has 0 radical (unpaired) electrons. The summed E-state index contributed by atoms with van der Waals surface area (Å²) in [5, 5.41) is 9.51. The fraction of sp³-hybridized carbons (Fsp3) is 0.596. The van der Waals surface area contributed by atoms with Crippen LogP contribution in [0.15, 0.2) is 170 Å². The van der Waals surface area contributed by atoms with Crippen molar-refractivity contribution in [1.82, 2.24) is 69.9 Å². The first-order valence-electron chi connectivity index (χ1n) is 52.5. The monoisotopic (exact) mass is 1840 g/mol. The third-order valence-electron chi connectivity index (χ3n) is 31.4. The molecule has 5 saturated carbocycles. The molecule has 730 valence electrons. The van der Waals surface area contributed by atoms with Crippen LogP contribution in [0.3, 0.4) is 0 Å². The summed E-state index contributed by atoms with van der Waals surface area (Å²) >= 11 is 0. The highest BCUT2D eigenvalue weighted by Gasteiger charge is 2.51. The highest BCUT2D eigenvalue weighted by atomic mass is 16.5. The topological polar surface area (TPSA) is 185 Å². The second-order valence-corrected chi connectivity index (χ2v) is 42.8. The first kappa shape index (κ1) is 101. The summed E-state index contributed by atoms with van der Waals surface area (Å²) in [6.45, 7) is 29.0. The summed E-state index contributed by atoms with van der Waals surface area (Å²) in [5.74, 6) is 8.12. The van der Waals surface area contributed by atoms with Gasteiger partial charge in [0.2, 0.25) is 11.8 Å². The second-order valence-electron chi connectivity index (χ2n) is 42.8. The van der Waals surface area contributed by atoms with Gasteiger partial charge in [0.05, 0.1) is 19.1 Å². The molecule has 0 spiro atoms. The zero-order chi connectivity index (χ0) is 93.5. The smallest absolute Gasteiger partial charge is 0.251 e. The number of hydrogen-bond donors (Lipinski definition) is 3. The van der Waals surface area contributed by atoms with Gasteiger partial charge in [-0.3, -0.25) is 58.4 Å². The number of aromatic nitrogens is 1. The average Bonchev–Trinajstić information content (AvgIpc) is 0.847. The van der Waals surface area contributed by atoms with Gasteiger partial charge in [0, 0.05) is 166 Å². The van der Waals surface area contributed by atoms with E-state index in [0.29, 0.717) is 35.3 Å². The molecule has 1 unspecified atom stereocenters. The molecule has 21 nitrogen and oxygen atoms in total. The van der Waals surface area contributed by atoms with E-state index >= 15 is 0 Å². The van der Waals surface area contributed by atoms with Crippen molar-refractivity contribution in [3.05, 3.63) is 231 Å². The Bertz CT molecular complexity index is 4680. The molecule has 5 amide bonds. The maximum Gasteiger partial charge on any atom is 0.251 e. The summed E-state index contributed by atoms with van der Waals surface area (Å²) in [4.78, 5) is 92.9. The zero-order valence-electron chi connectivity index (χ0n) is 82.7. The summed E-state index contributed by atoms with van der Waals surface area (Å²) in [6, 6.07) is 54.1. The van der Waals surface area contributed by atoms with E-state index in [1.165, 1.54) is 181 Å². The number of piperidine rings is 4. The number of carbonyl (C=O) groups excluding carboxylic acids is 5. The Morgan fingerprint density at radius 2 is 0.756 bits per heavy atom. The predicted molar refractivity (Wildman–Crippen MR) is 542 cm³/mol. The Kier molecular flexibility index (Phi) is 38.5. The molecule has 6 saturated heterocycles. The van der Waals surface area contributed by atoms with Gasteiger partial charge in [-0.25, -0.2) is 0 Å². The summed E-state index contributed by atoms with van der Waals surface area (Å²) in [5.41, 5.74) is 12.6. The number of pyridine rings is 1. The Labute approximate surface area is 809 Å². The van der Waals surface area contributed by atoms with Gasteiger partial charge in [-0.1, -0.05) is 129 Å². The van der Waals surface area contributed by atoms with Gasteiger partial charge in [-0.15, -0.1) is 0 Å². The van der Waals surface area contributed by atoms with E-state index in [1.807, 2.05) is 73.1 Å². The van der Waals surface area contributed by atoms with E-state index in [-0.39, 0.29) is 29.6 Å². The van der Waals surface area contributed by atoms with Gasteiger partial charge in [0.25, 0.3) is 17.7 Å². The molecule has 6 aliphatic heterocycles. The molecule has 6 aromatic carbocycles. The minimum atomic E-state index is -0.0593. The van der Waals surface area contributed by atoms with Crippen LogP contribution in [0.5, 0.6) is 11.5 Å². The van der Waals surface area contributed by atoms with Crippen molar-refractivity contribution >= 4 is 29.5 Å². The third kappa shape index (κ3) is 32.1. The average molecular weight is 1840 g/mol. The molecule has 1 atom stereocenters. The number of rotatable bonds is 37. The molecule has 7 heterocycles. The first-order valence-corrected chi connectivity index (χ1v) is 52.5. The van der Waals surface area contributed by atoms with E-state index in [2.05, 4.69) is 202 Å². The number of carbonyl (C=O) groups is 5. The third-order valence-corrected chi connectivity index (χ3v) is 31.4. The number of nitrogens with one attached hydrogen (secondary N) is 3. The summed E-state index contributed by atoms with van der Waals surface area (Å²) in [7, 11) is 8.37. The lowest BCUT2D eigenvalue weighted by Gasteiger charge is -2.56. The minimum absolute atomic E-state index is 0.0593. The number of likely N-dealkylation sites (tertiary alicyclic amines) is 4. The standard InChI is InChI=1S/C40H62N4O2.C38H51N5O3.C36H49N5O2/c1-42(2)24-7-29-46-39-18-14-37(15-19-39)32-44-27-22-34(23-28-44)11-6-10-33-20-25-43(26-21-33)31-36-12-16-38(17-13-36)40(45)41-30-35-8-4-3-5-9-35;1-30-5-7-31(8-6-30)27-39-37(44)34-13-9-32(10-14-34)29-42-22-24-43(25-23-42)38(45)35-17-20-41(21-18-35)28-33-11-15-36(16-12-33)46-26-4-19-40(2)3;42-34(38-26-36-20-29-17-30(21-36)19-31(18-29)22-36)32-6-4-27(5-7-32)23-39-13-2-14-41(16-15-39)35(43)33-3-1-12-40(25-33)24-28-8-10-37-11-9-28/h12-19,33-35H,3-11,20-32H2,1-2H3,(H,41,45);5-16,35H,4,17-29H2,1-3H3,(H,39,44);4-11,29-31,33H,1-3,12-26H2,(H,38,42). The molecule has 11 fully saturated rings. The molecule has 1 aromatic heterocycles. The van der Waals surface area contributed by atoms with Gasteiger partial charge in [0.1, 0.15) is 11.5 Å². The molecular weight excluding hydrogens is 1680 g/mol. The van der Waals surface area contributed by atoms with Crippen LogP contribution in [0.25, 0.3) is 0 Å². The van der Waals surface area contributed by atoms with Crippen molar-refractivity contribution in [3.63, 3.8) is 0 Å². The van der Waals surface area contributed by atoms with E-state index in [9.17, 15) is 24.0 Å². The summed E-state index contributed by atoms with van der Waals surface area (Å²) < 4.78 is 11.8. The number of piperazine rings is 1. The largest absolute Gasteiger partial charge is 0.494 e. The number of benzene rings is 6. The fourth-order valence-electron chi connectivity index (χ4n) is 23.7. The van der Waals surface area contributed by atoms with Crippen molar-refractivity contribution in [3.8, 4) is 11.5 Å². The molecule has 21 heteroatoms. The molecule has 11 aliphatic rings. The summed E-state index contributed by atoms with van der Waals surface area (Å²) in [6.07, 6.45) is 35.1. The lowest BCUT2D eigenvalue weighted by atomic mass is 9.49. The Hall–Kier alpha value is -8.90. The molecule has 3 N–H and O–H groups in total. The van der Waals surface area contributed by atoms with Gasteiger partial charge < -0.3 is 45.0 Å². The van der Waals surface area contributed by atoms with Crippen LogP contribution >= 0.6 is 0 Å². The molecule has 135 heavy (non-hydrogen) atoms. The molecule has 18 rings (SSSR count). The molecule has 7 aromatic rings. The van der Waals surface area contributed by atoms with Crippen LogP contribution in [-0.2, 0) is 55.4 Å². The van der Waals surface area contributed by atoms with Crippen molar-refractivity contribution in [2.45, 2.75) is 213 Å².